The lowest BCUT2D eigenvalue weighted by atomic mass is 10.0. The molecule has 132 valence electrons. The Morgan fingerprint density at radius 2 is 1.92 bits per heavy atom. The van der Waals surface area contributed by atoms with Crippen LogP contribution >= 0.6 is 0 Å². The molecule has 0 spiro atoms. The maximum Gasteiger partial charge on any atom is 0.251 e. The van der Waals surface area contributed by atoms with E-state index in [1.165, 1.54) is 0 Å². The van der Waals surface area contributed by atoms with Gasteiger partial charge in [-0.15, -0.1) is 0 Å². The van der Waals surface area contributed by atoms with Crippen molar-refractivity contribution in [2.75, 3.05) is 26.2 Å². The van der Waals surface area contributed by atoms with Gasteiger partial charge in [0.25, 0.3) is 5.91 Å². The number of hydrogen-bond donors (Lipinski definition) is 3. The third kappa shape index (κ3) is 4.96. The monoisotopic (exact) mass is 333 g/mol. The van der Waals surface area contributed by atoms with E-state index in [9.17, 15) is 9.59 Å². The Morgan fingerprint density at radius 1 is 1.25 bits per heavy atom. The molecule has 2 rings (SSSR count). The molecule has 1 unspecified atom stereocenters. The number of carbonyl (C=O) groups is 2. The summed E-state index contributed by atoms with van der Waals surface area (Å²) in [7, 11) is 0. The van der Waals surface area contributed by atoms with Gasteiger partial charge in [0, 0.05) is 31.1 Å². The van der Waals surface area contributed by atoms with Crippen molar-refractivity contribution in [3.63, 3.8) is 0 Å². The van der Waals surface area contributed by atoms with Gasteiger partial charge in [0.2, 0.25) is 5.91 Å². The van der Waals surface area contributed by atoms with Crippen LogP contribution < -0.4 is 20.7 Å². The summed E-state index contributed by atoms with van der Waals surface area (Å²) in [5.74, 6) is 0.842. The number of hydrogen-bond acceptors (Lipinski definition) is 4. The van der Waals surface area contributed by atoms with Crippen LogP contribution in [0.3, 0.4) is 0 Å². The molecule has 1 aromatic rings. The number of amides is 2. The van der Waals surface area contributed by atoms with Crippen LogP contribution in [-0.4, -0.2) is 44.1 Å². The van der Waals surface area contributed by atoms with E-state index in [-0.39, 0.29) is 17.7 Å². The van der Waals surface area contributed by atoms with Gasteiger partial charge in [-0.25, -0.2) is 0 Å². The fraction of sp³-hybridized carbons (Fsp3) is 0.556. The SMILES string of the molecule is CCOc1ccc(C(=O)NC(C(=O)NCC2CNC2)C(C)C)cc1. The zero-order valence-electron chi connectivity index (χ0n) is 14.6. The maximum absolute atomic E-state index is 12.4. The summed E-state index contributed by atoms with van der Waals surface area (Å²) in [4.78, 5) is 24.8. The Morgan fingerprint density at radius 3 is 2.42 bits per heavy atom. The molecule has 24 heavy (non-hydrogen) atoms. The summed E-state index contributed by atoms with van der Waals surface area (Å²) < 4.78 is 5.37. The van der Waals surface area contributed by atoms with E-state index in [0.717, 1.165) is 18.8 Å². The predicted molar refractivity (Wildman–Crippen MR) is 93.1 cm³/mol. The van der Waals surface area contributed by atoms with E-state index >= 15 is 0 Å². The standard InChI is InChI=1S/C18H27N3O3/c1-4-24-15-7-5-14(6-8-15)17(22)21-16(12(2)3)18(23)20-11-13-9-19-10-13/h5-8,12-13,16,19H,4,9-11H2,1-3H3,(H,20,23)(H,21,22). The molecule has 0 aromatic heterocycles. The van der Waals surface area contributed by atoms with Crippen molar-refractivity contribution >= 4 is 11.8 Å². The van der Waals surface area contributed by atoms with Gasteiger partial charge in [-0.05, 0) is 37.1 Å². The molecular formula is C18H27N3O3. The Labute approximate surface area is 143 Å². The maximum atomic E-state index is 12.4. The molecule has 0 radical (unpaired) electrons. The number of rotatable bonds is 8. The molecule has 1 saturated heterocycles. The van der Waals surface area contributed by atoms with Crippen molar-refractivity contribution in [3.8, 4) is 5.75 Å². The molecule has 1 fully saturated rings. The van der Waals surface area contributed by atoms with Gasteiger partial charge in [-0.2, -0.15) is 0 Å². The molecule has 0 aliphatic carbocycles. The Hall–Kier alpha value is -2.08. The van der Waals surface area contributed by atoms with Gasteiger partial charge in [0.05, 0.1) is 6.61 Å². The van der Waals surface area contributed by atoms with Crippen molar-refractivity contribution in [1.82, 2.24) is 16.0 Å². The summed E-state index contributed by atoms with van der Waals surface area (Å²) in [6, 6.07) is 6.38. The van der Waals surface area contributed by atoms with Gasteiger partial charge in [0.15, 0.2) is 0 Å². The van der Waals surface area contributed by atoms with E-state index in [1.807, 2.05) is 20.8 Å². The number of benzene rings is 1. The molecule has 3 N–H and O–H groups in total. The van der Waals surface area contributed by atoms with Crippen LogP contribution in [0, 0.1) is 11.8 Å². The average Bonchev–Trinajstić information content (AvgIpc) is 2.51. The van der Waals surface area contributed by atoms with Gasteiger partial charge in [-0.3, -0.25) is 9.59 Å². The molecule has 6 nitrogen and oxygen atoms in total. The Balaban J connectivity index is 1.92. The second-order valence-electron chi connectivity index (χ2n) is 6.42. The second-order valence-corrected chi connectivity index (χ2v) is 6.42. The van der Waals surface area contributed by atoms with E-state index in [4.69, 9.17) is 4.74 Å². The minimum atomic E-state index is -0.544. The molecule has 0 saturated carbocycles. The van der Waals surface area contributed by atoms with Crippen molar-refractivity contribution in [1.29, 1.82) is 0 Å². The van der Waals surface area contributed by atoms with Gasteiger partial charge < -0.3 is 20.7 Å². The lowest BCUT2D eigenvalue weighted by molar-refractivity contribution is -0.124. The summed E-state index contributed by atoms with van der Waals surface area (Å²) >= 11 is 0. The number of ether oxygens (including phenoxy) is 1. The molecule has 0 bridgehead atoms. The van der Waals surface area contributed by atoms with Crippen LogP contribution in [0.15, 0.2) is 24.3 Å². The first-order chi connectivity index (χ1) is 11.5. The zero-order valence-corrected chi connectivity index (χ0v) is 14.6. The topological polar surface area (TPSA) is 79.5 Å². The van der Waals surface area contributed by atoms with Crippen LogP contribution in [-0.2, 0) is 4.79 Å². The quantitative estimate of drug-likeness (QED) is 0.667. The fourth-order valence-corrected chi connectivity index (χ4v) is 2.48. The Bertz CT molecular complexity index is 553. The fourth-order valence-electron chi connectivity index (χ4n) is 2.48. The van der Waals surface area contributed by atoms with E-state index in [1.54, 1.807) is 24.3 Å². The van der Waals surface area contributed by atoms with Crippen LogP contribution in [0.5, 0.6) is 5.75 Å². The molecule has 2 amide bonds. The summed E-state index contributed by atoms with van der Waals surface area (Å²) in [5, 5.41) is 8.94. The van der Waals surface area contributed by atoms with Gasteiger partial charge >= 0.3 is 0 Å². The zero-order chi connectivity index (χ0) is 17.5. The van der Waals surface area contributed by atoms with E-state index in [2.05, 4.69) is 16.0 Å². The summed E-state index contributed by atoms with van der Waals surface area (Å²) in [6.07, 6.45) is 0. The van der Waals surface area contributed by atoms with Crippen molar-refractivity contribution in [2.24, 2.45) is 11.8 Å². The third-order valence-corrected chi connectivity index (χ3v) is 4.09. The van der Waals surface area contributed by atoms with Crippen LogP contribution in [0.4, 0.5) is 0 Å². The highest BCUT2D eigenvalue weighted by Crippen LogP contribution is 2.13. The molecule has 6 heteroatoms. The largest absolute Gasteiger partial charge is 0.494 e. The Kier molecular flexibility index (Phi) is 6.61. The lowest BCUT2D eigenvalue weighted by Gasteiger charge is -2.29. The smallest absolute Gasteiger partial charge is 0.251 e. The third-order valence-electron chi connectivity index (χ3n) is 4.09. The second kappa shape index (κ2) is 8.68. The van der Waals surface area contributed by atoms with Crippen molar-refractivity contribution < 1.29 is 14.3 Å². The highest BCUT2D eigenvalue weighted by Gasteiger charge is 2.26. The summed E-state index contributed by atoms with van der Waals surface area (Å²) in [6.45, 7) is 8.86. The molecular weight excluding hydrogens is 306 g/mol. The van der Waals surface area contributed by atoms with Crippen molar-refractivity contribution in [3.05, 3.63) is 29.8 Å². The number of carbonyl (C=O) groups excluding carboxylic acids is 2. The first-order valence-electron chi connectivity index (χ1n) is 8.53. The van der Waals surface area contributed by atoms with E-state index < -0.39 is 6.04 Å². The van der Waals surface area contributed by atoms with Crippen LogP contribution in [0.2, 0.25) is 0 Å². The molecule has 1 aliphatic rings. The van der Waals surface area contributed by atoms with Crippen LogP contribution in [0.25, 0.3) is 0 Å². The molecule has 1 aliphatic heterocycles. The van der Waals surface area contributed by atoms with Gasteiger partial charge in [0.1, 0.15) is 11.8 Å². The average molecular weight is 333 g/mol. The first kappa shape index (κ1) is 18.3. The molecule has 1 atom stereocenters. The minimum Gasteiger partial charge on any atom is -0.494 e. The number of nitrogens with one attached hydrogen (secondary N) is 3. The van der Waals surface area contributed by atoms with Crippen LogP contribution in [0.1, 0.15) is 31.1 Å². The predicted octanol–water partition coefficient (Wildman–Crippen LogP) is 1.18. The van der Waals surface area contributed by atoms with Gasteiger partial charge in [-0.1, -0.05) is 13.8 Å². The highest BCUT2D eigenvalue weighted by atomic mass is 16.5. The lowest BCUT2D eigenvalue weighted by Crippen LogP contribution is -2.53. The molecule has 1 heterocycles. The van der Waals surface area contributed by atoms with E-state index in [0.29, 0.717) is 24.6 Å². The first-order valence-corrected chi connectivity index (χ1v) is 8.53. The van der Waals surface area contributed by atoms with Crippen molar-refractivity contribution in [2.45, 2.75) is 26.8 Å². The summed E-state index contributed by atoms with van der Waals surface area (Å²) in [5.41, 5.74) is 0.514. The highest BCUT2D eigenvalue weighted by molar-refractivity contribution is 5.97. The molecule has 1 aromatic carbocycles. The normalized spacial score (nSPS) is 15.5. The minimum absolute atomic E-state index is 0.0103.